The molecule has 0 unspecified atom stereocenters. The zero-order valence-electron chi connectivity index (χ0n) is 14.3. The second kappa shape index (κ2) is 7.66. The van der Waals surface area contributed by atoms with Crippen LogP contribution >= 0.6 is 0 Å². The number of aliphatic carboxylic acids is 1. The Kier molecular flexibility index (Phi) is 5.32. The number of benzene rings is 2. The van der Waals surface area contributed by atoms with Gasteiger partial charge in [0.15, 0.2) is 0 Å². The van der Waals surface area contributed by atoms with Crippen LogP contribution in [-0.4, -0.2) is 34.0 Å². The van der Waals surface area contributed by atoms with Crippen molar-refractivity contribution in [3.05, 3.63) is 71.0 Å². The predicted octanol–water partition coefficient (Wildman–Crippen LogP) is 2.12. The third kappa shape index (κ3) is 3.91. The second-order valence-electron chi connectivity index (χ2n) is 6.61. The summed E-state index contributed by atoms with van der Waals surface area (Å²) in [6.45, 7) is 0.248. The predicted molar refractivity (Wildman–Crippen MR) is 94.8 cm³/mol. The largest absolute Gasteiger partial charge is 0.480 e. The topological polar surface area (TPSA) is 83.6 Å². The van der Waals surface area contributed by atoms with Crippen molar-refractivity contribution >= 4 is 11.9 Å². The summed E-state index contributed by atoms with van der Waals surface area (Å²) < 4.78 is 13.7. The molecule has 0 fully saturated rings. The molecule has 1 heterocycles. The molecule has 0 radical (unpaired) electrons. The second-order valence-corrected chi connectivity index (χ2v) is 6.61. The van der Waals surface area contributed by atoms with E-state index in [-0.39, 0.29) is 37.5 Å². The highest BCUT2D eigenvalue weighted by molar-refractivity contribution is 5.85. The monoisotopic (exact) mass is 356 g/mol. The molecule has 0 spiro atoms. The van der Waals surface area contributed by atoms with E-state index in [4.69, 9.17) is 5.73 Å². The van der Waals surface area contributed by atoms with Crippen LogP contribution in [-0.2, 0) is 29.0 Å². The first kappa shape index (κ1) is 18.1. The lowest BCUT2D eigenvalue weighted by Gasteiger charge is -2.35. The van der Waals surface area contributed by atoms with Crippen molar-refractivity contribution in [1.82, 2.24) is 4.90 Å². The summed E-state index contributed by atoms with van der Waals surface area (Å²) in [4.78, 5) is 25.7. The van der Waals surface area contributed by atoms with E-state index in [2.05, 4.69) is 0 Å². The minimum absolute atomic E-state index is 0.0275. The molecule has 5 nitrogen and oxygen atoms in total. The van der Waals surface area contributed by atoms with Crippen molar-refractivity contribution in [3.8, 4) is 0 Å². The normalized spacial score (nSPS) is 17.5. The summed E-state index contributed by atoms with van der Waals surface area (Å²) in [5.41, 5.74) is 8.38. The Labute approximate surface area is 151 Å². The Morgan fingerprint density at radius 2 is 1.81 bits per heavy atom. The highest BCUT2D eigenvalue weighted by Gasteiger charge is 2.34. The number of carboxylic acids is 1. The van der Waals surface area contributed by atoms with Crippen LogP contribution in [0.15, 0.2) is 48.5 Å². The Morgan fingerprint density at radius 1 is 1.15 bits per heavy atom. The van der Waals surface area contributed by atoms with Crippen LogP contribution in [0.5, 0.6) is 0 Å². The van der Waals surface area contributed by atoms with Gasteiger partial charge in [0.25, 0.3) is 0 Å². The van der Waals surface area contributed by atoms with Crippen molar-refractivity contribution in [2.45, 2.75) is 37.9 Å². The lowest BCUT2D eigenvalue weighted by Crippen LogP contribution is -2.50. The average Bonchev–Trinajstić information content (AvgIpc) is 2.62. The van der Waals surface area contributed by atoms with E-state index in [1.54, 1.807) is 18.2 Å². The number of fused-ring (bicyclic) bond motifs is 1. The SMILES string of the molecule is N[C@@H](CC(=O)N1Cc2ccccc2C[C@H]1C(=O)O)Cc1ccccc1F. The first-order valence-corrected chi connectivity index (χ1v) is 8.53. The molecule has 0 saturated heterocycles. The molecule has 6 heteroatoms. The number of carboxylic acid groups (broad SMARTS) is 1. The van der Waals surface area contributed by atoms with Gasteiger partial charge in [-0.25, -0.2) is 9.18 Å². The zero-order valence-corrected chi connectivity index (χ0v) is 14.3. The van der Waals surface area contributed by atoms with Gasteiger partial charge in [-0.1, -0.05) is 42.5 Å². The van der Waals surface area contributed by atoms with Crippen LogP contribution in [0.4, 0.5) is 4.39 Å². The van der Waals surface area contributed by atoms with Crippen LogP contribution in [0.3, 0.4) is 0 Å². The van der Waals surface area contributed by atoms with Crippen LogP contribution in [0, 0.1) is 5.82 Å². The molecule has 1 aliphatic heterocycles. The summed E-state index contributed by atoms with van der Waals surface area (Å²) in [6.07, 6.45) is 0.473. The number of nitrogens with zero attached hydrogens (tertiary/aromatic N) is 1. The number of hydrogen-bond acceptors (Lipinski definition) is 3. The van der Waals surface area contributed by atoms with Gasteiger partial charge in [0.05, 0.1) is 0 Å². The summed E-state index contributed by atoms with van der Waals surface area (Å²) in [5.74, 6) is -1.71. The Balaban J connectivity index is 1.71. The molecule has 1 amide bonds. The van der Waals surface area contributed by atoms with Gasteiger partial charge in [0.1, 0.15) is 11.9 Å². The molecule has 3 rings (SSSR count). The number of carbonyl (C=O) groups excluding carboxylic acids is 1. The van der Waals surface area contributed by atoms with Gasteiger partial charge >= 0.3 is 5.97 Å². The fourth-order valence-electron chi connectivity index (χ4n) is 3.37. The molecular weight excluding hydrogens is 335 g/mol. The third-order valence-electron chi connectivity index (χ3n) is 4.73. The van der Waals surface area contributed by atoms with Crippen molar-refractivity contribution in [2.24, 2.45) is 5.73 Å². The summed E-state index contributed by atoms with van der Waals surface area (Å²) in [7, 11) is 0. The third-order valence-corrected chi connectivity index (χ3v) is 4.73. The molecule has 0 aromatic heterocycles. The van der Waals surface area contributed by atoms with E-state index < -0.39 is 18.1 Å². The standard InChI is InChI=1S/C20H21FN2O3/c21-17-8-4-3-6-14(17)9-16(22)11-19(24)23-12-15-7-2-1-5-13(15)10-18(23)20(25)26/h1-8,16,18H,9-12,22H2,(H,25,26)/t16-,18+/m1/s1. The van der Waals surface area contributed by atoms with Gasteiger partial charge in [-0.05, 0) is 29.2 Å². The molecule has 2 aromatic rings. The first-order chi connectivity index (χ1) is 12.5. The quantitative estimate of drug-likeness (QED) is 0.860. The molecule has 2 aromatic carbocycles. The minimum Gasteiger partial charge on any atom is -0.480 e. The van der Waals surface area contributed by atoms with Gasteiger partial charge < -0.3 is 15.7 Å². The minimum atomic E-state index is -1.03. The lowest BCUT2D eigenvalue weighted by molar-refractivity contribution is -0.151. The van der Waals surface area contributed by atoms with E-state index in [0.29, 0.717) is 5.56 Å². The van der Waals surface area contributed by atoms with E-state index in [9.17, 15) is 19.1 Å². The number of amides is 1. The lowest BCUT2D eigenvalue weighted by atomic mass is 9.93. The Hall–Kier alpha value is -2.73. The van der Waals surface area contributed by atoms with E-state index in [0.717, 1.165) is 11.1 Å². The summed E-state index contributed by atoms with van der Waals surface area (Å²) in [5, 5.41) is 9.51. The molecule has 3 N–H and O–H groups in total. The smallest absolute Gasteiger partial charge is 0.326 e. The highest BCUT2D eigenvalue weighted by atomic mass is 19.1. The van der Waals surface area contributed by atoms with Gasteiger partial charge in [-0.15, -0.1) is 0 Å². The molecule has 0 aliphatic carbocycles. The number of rotatable bonds is 5. The molecule has 0 bridgehead atoms. The summed E-state index contributed by atoms with van der Waals surface area (Å²) >= 11 is 0. The molecule has 2 atom stereocenters. The van der Waals surface area contributed by atoms with Crippen molar-refractivity contribution in [1.29, 1.82) is 0 Å². The molecule has 26 heavy (non-hydrogen) atoms. The van der Waals surface area contributed by atoms with Crippen LogP contribution in [0.1, 0.15) is 23.1 Å². The van der Waals surface area contributed by atoms with E-state index >= 15 is 0 Å². The molecule has 1 aliphatic rings. The van der Waals surface area contributed by atoms with Crippen molar-refractivity contribution < 1.29 is 19.1 Å². The number of carbonyl (C=O) groups is 2. The number of nitrogens with two attached hydrogens (primary N) is 1. The van der Waals surface area contributed by atoms with Gasteiger partial charge in [-0.2, -0.15) is 0 Å². The average molecular weight is 356 g/mol. The van der Waals surface area contributed by atoms with E-state index in [1.807, 2.05) is 24.3 Å². The molecule has 0 saturated carbocycles. The van der Waals surface area contributed by atoms with E-state index in [1.165, 1.54) is 11.0 Å². The first-order valence-electron chi connectivity index (χ1n) is 8.53. The van der Waals surface area contributed by atoms with Gasteiger partial charge in [0.2, 0.25) is 5.91 Å². The Morgan fingerprint density at radius 3 is 2.50 bits per heavy atom. The zero-order chi connectivity index (χ0) is 18.7. The molecular formula is C20H21FN2O3. The Bertz CT molecular complexity index is 824. The van der Waals surface area contributed by atoms with Crippen molar-refractivity contribution in [3.63, 3.8) is 0 Å². The fraction of sp³-hybridized carbons (Fsp3) is 0.300. The van der Waals surface area contributed by atoms with Crippen LogP contribution in [0.25, 0.3) is 0 Å². The van der Waals surface area contributed by atoms with Gasteiger partial charge in [0, 0.05) is 25.4 Å². The van der Waals surface area contributed by atoms with Crippen molar-refractivity contribution in [2.75, 3.05) is 0 Å². The highest BCUT2D eigenvalue weighted by Crippen LogP contribution is 2.24. The summed E-state index contributed by atoms with van der Waals surface area (Å²) in [6, 6.07) is 12.3. The van der Waals surface area contributed by atoms with Gasteiger partial charge in [-0.3, -0.25) is 4.79 Å². The maximum Gasteiger partial charge on any atom is 0.326 e. The molecule has 136 valence electrons. The maximum atomic E-state index is 13.7. The number of hydrogen-bond donors (Lipinski definition) is 2. The maximum absolute atomic E-state index is 13.7. The number of halogens is 1. The van der Waals surface area contributed by atoms with Crippen LogP contribution in [0.2, 0.25) is 0 Å². The fourth-order valence-corrected chi connectivity index (χ4v) is 3.37. The van der Waals surface area contributed by atoms with Crippen LogP contribution < -0.4 is 5.73 Å².